The van der Waals surface area contributed by atoms with E-state index in [0.717, 1.165) is 43.3 Å². The van der Waals surface area contributed by atoms with E-state index in [-0.39, 0.29) is 24.0 Å². The number of fused-ring (bicyclic) bond motifs is 1. The van der Waals surface area contributed by atoms with Crippen molar-refractivity contribution in [2.24, 2.45) is 5.92 Å². The van der Waals surface area contributed by atoms with Crippen LogP contribution in [0.3, 0.4) is 0 Å². The predicted octanol–water partition coefficient (Wildman–Crippen LogP) is 5.38. The molecule has 36 heavy (non-hydrogen) atoms. The van der Waals surface area contributed by atoms with Crippen molar-refractivity contribution in [1.82, 2.24) is 19.4 Å². The molecule has 1 fully saturated rings. The van der Waals surface area contributed by atoms with Crippen LogP contribution in [0.2, 0.25) is 0 Å². The molecule has 1 saturated heterocycles. The highest BCUT2D eigenvalue weighted by molar-refractivity contribution is 5.81. The average molecular weight is 491 g/mol. The molecule has 5 rings (SSSR count). The van der Waals surface area contributed by atoms with Gasteiger partial charge in [0.15, 0.2) is 0 Å². The Balaban J connectivity index is 1.57. The minimum absolute atomic E-state index is 0.154. The Labute approximate surface area is 208 Å². The van der Waals surface area contributed by atoms with Crippen molar-refractivity contribution in [3.8, 4) is 23.0 Å². The van der Waals surface area contributed by atoms with E-state index in [1.165, 1.54) is 12.1 Å². The molecular formula is C28H28F2N4O2. The number of piperidine rings is 1. The number of hydrogen-bond acceptors (Lipinski definition) is 5. The number of ether oxygens (including phenoxy) is 1. The number of likely N-dealkylation sites (tertiary alicyclic amines) is 1. The van der Waals surface area contributed by atoms with Crippen LogP contribution in [0.15, 0.2) is 65.6 Å². The topological polar surface area (TPSA) is 60.3 Å². The number of aryl methyl sites for hydroxylation is 1. The SMILES string of the molecule is Cc1ccccc1-c1nc2ccc(Oc3ccc(F)cn3)cc2c(=O)n1C[C@H]1CCCN(CCF)C1. The van der Waals surface area contributed by atoms with Crippen molar-refractivity contribution in [3.63, 3.8) is 0 Å². The van der Waals surface area contributed by atoms with Gasteiger partial charge in [0.05, 0.1) is 17.1 Å². The van der Waals surface area contributed by atoms with E-state index in [4.69, 9.17) is 9.72 Å². The van der Waals surface area contributed by atoms with Crippen molar-refractivity contribution in [2.45, 2.75) is 26.3 Å². The van der Waals surface area contributed by atoms with Gasteiger partial charge in [0.1, 0.15) is 24.1 Å². The van der Waals surface area contributed by atoms with Gasteiger partial charge in [-0.2, -0.15) is 0 Å². The molecule has 2 aromatic heterocycles. The van der Waals surface area contributed by atoms with Crippen LogP contribution in [0.5, 0.6) is 11.6 Å². The first-order chi connectivity index (χ1) is 17.5. The Kier molecular flexibility index (Phi) is 7.04. The van der Waals surface area contributed by atoms with Crippen molar-refractivity contribution in [3.05, 3.63) is 82.5 Å². The van der Waals surface area contributed by atoms with Crippen LogP contribution in [-0.4, -0.2) is 45.7 Å². The molecule has 0 bridgehead atoms. The number of nitrogens with zero attached hydrogens (tertiary/aromatic N) is 4. The van der Waals surface area contributed by atoms with E-state index >= 15 is 0 Å². The molecular weight excluding hydrogens is 462 g/mol. The molecule has 1 atom stereocenters. The Bertz CT molecular complexity index is 1420. The molecule has 186 valence electrons. The second-order valence-electron chi connectivity index (χ2n) is 9.26. The smallest absolute Gasteiger partial charge is 0.261 e. The molecule has 0 aliphatic carbocycles. The summed E-state index contributed by atoms with van der Waals surface area (Å²) >= 11 is 0. The van der Waals surface area contributed by atoms with Gasteiger partial charge in [-0.25, -0.2) is 18.7 Å². The highest BCUT2D eigenvalue weighted by atomic mass is 19.1. The third-order valence-corrected chi connectivity index (χ3v) is 6.68. The zero-order valence-electron chi connectivity index (χ0n) is 20.2. The summed E-state index contributed by atoms with van der Waals surface area (Å²) in [7, 11) is 0. The van der Waals surface area contributed by atoms with Crippen LogP contribution in [0, 0.1) is 18.7 Å². The van der Waals surface area contributed by atoms with Gasteiger partial charge < -0.3 is 9.64 Å². The second kappa shape index (κ2) is 10.5. The standard InChI is InChI=1S/C28H28F2N4O2/c1-19-5-2-3-7-23(19)27-32-25-10-9-22(36-26-11-8-21(30)16-31-26)15-24(25)28(35)34(27)18-20-6-4-13-33(17-20)14-12-29/h2-3,5,7-11,15-16,20H,4,6,12-14,17-18H2,1H3/t20-/m0/s1. The molecule has 2 aromatic carbocycles. The Morgan fingerprint density at radius 2 is 2.00 bits per heavy atom. The molecule has 1 aliphatic heterocycles. The lowest BCUT2D eigenvalue weighted by Crippen LogP contribution is -2.39. The Hall–Kier alpha value is -3.65. The Morgan fingerprint density at radius 1 is 1.14 bits per heavy atom. The van der Waals surface area contributed by atoms with Gasteiger partial charge >= 0.3 is 0 Å². The summed E-state index contributed by atoms with van der Waals surface area (Å²) in [5, 5.41) is 0.434. The molecule has 6 nitrogen and oxygen atoms in total. The fourth-order valence-electron chi connectivity index (χ4n) is 4.89. The van der Waals surface area contributed by atoms with E-state index in [1.807, 2.05) is 31.2 Å². The van der Waals surface area contributed by atoms with Gasteiger partial charge in [0.2, 0.25) is 5.88 Å². The minimum atomic E-state index is -0.454. The quantitative estimate of drug-likeness (QED) is 0.348. The summed E-state index contributed by atoms with van der Waals surface area (Å²) < 4.78 is 33.7. The molecule has 3 heterocycles. The second-order valence-corrected chi connectivity index (χ2v) is 9.26. The van der Waals surface area contributed by atoms with E-state index in [2.05, 4.69) is 9.88 Å². The van der Waals surface area contributed by atoms with Crippen molar-refractivity contribution >= 4 is 10.9 Å². The molecule has 0 amide bonds. The summed E-state index contributed by atoms with van der Waals surface area (Å²) in [4.78, 5) is 24.9. The first-order valence-corrected chi connectivity index (χ1v) is 12.2. The van der Waals surface area contributed by atoms with E-state index in [9.17, 15) is 13.6 Å². The van der Waals surface area contributed by atoms with Crippen LogP contribution in [0.25, 0.3) is 22.3 Å². The molecule has 1 aliphatic rings. The lowest BCUT2D eigenvalue weighted by Gasteiger charge is -2.32. The van der Waals surface area contributed by atoms with Crippen molar-refractivity contribution in [2.75, 3.05) is 26.3 Å². The van der Waals surface area contributed by atoms with Gasteiger partial charge in [-0.15, -0.1) is 0 Å². The first-order valence-electron chi connectivity index (χ1n) is 12.2. The summed E-state index contributed by atoms with van der Waals surface area (Å²) in [5.74, 6) is 1.04. The van der Waals surface area contributed by atoms with Crippen LogP contribution >= 0.6 is 0 Å². The predicted molar refractivity (Wildman–Crippen MR) is 136 cm³/mol. The van der Waals surface area contributed by atoms with Crippen LogP contribution in [0.4, 0.5) is 8.78 Å². The average Bonchev–Trinajstić information content (AvgIpc) is 2.88. The summed E-state index contributed by atoms with van der Waals surface area (Å²) in [6.07, 6.45) is 3.03. The molecule has 0 unspecified atom stereocenters. The minimum Gasteiger partial charge on any atom is -0.439 e. The first kappa shape index (κ1) is 24.1. The number of alkyl halides is 1. The molecule has 0 spiro atoms. The van der Waals surface area contributed by atoms with Gasteiger partial charge in [-0.05, 0) is 62.1 Å². The number of rotatable bonds is 7. The van der Waals surface area contributed by atoms with Gasteiger partial charge in [-0.3, -0.25) is 9.36 Å². The third kappa shape index (κ3) is 5.14. The maximum Gasteiger partial charge on any atom is 0.261 e. The lowest BCUT2D eigenvalue weighted by molar-refractivity contribution is 0.152. The van der Waals surface area contributed by atoms with Crippen molar-refractivity contribution in [1.29, 1.82) is 0 Å². The maximum atomic E-state index is 13.9. The molecule has 0 N–H and O–H groups in total. The highest BCUT2D eigenvalue weighted by Crippen LogP contribution is 2.28. The van der Waals surface area contributed by atoms with Crippen LogP contribution < -0.4 is 10.3 Å². The Morgan fingerprint density at radius 3 is 2.78 bits per heavy atom. The number of hydrogen-bond donors (Lipinski definition) is 0. The van der Waals surface area contributed by atoms with E-state index < -0.39 is 5.82 Å². The number of aromatic nitrogens is 3. The zero-order chi connectivity index (χ0) is 25.1. The fourth-order valence-corrected chi connectivity index (χ4v) is 4.89. The lowest BCUT2D eigenvalue weighted by atomic mass is 9.97. The van der Waals surface area contributed by atoms with E-state index in [1.54, 1.807) is 22.8 Å². The zero-order valence-corrected chi connectivity index (χ0v) is 20.2. The monoisotopic (exact) mass is 490 g/mol. The van der Waals surface area contributed by atoms with Gasteiger partial charge in [-0.1, -0.05) is 24.3 Å². The summed E-state index contributed by atoms with van der Waals surface area (Å²) in [6, 6.07) is 15.7. The molecule has 0 saturated carbocycles. The highest BCUT2D eigenvalue weighted by Gasteiger charge is 2.23. The fraction of sp³-hybridized carbons (Fsp3) is 0.321. The molecule has 0 radical (unpaired) electrons. The molecule has 8 heteroatoms. The molecule has 4 aromatic rings. The summed E-state index contributed by atoms with van der Waals surface area (Å²) in [5.41, 5.74) is 2.35. The van der Waals surface area contributed by atoms with Crippen LogP contribution in [0.1, 0.15) is 18.4 Å². The maximum absolute atomic E-state index is 13.9. The number of benzene rings is 2. The van der Waals surface area contributed by atoms with Crippen molar-refractivity contribution < 1.29 is 13.5 Å². The third-order valence-electron chi connectivity index (χ3n) is 6.68. The number of halogens is 2. The summed E-state index contributed by atoms with van der Waals surface area (Å²) in [6.45, 7) is 4.19. The van der Waals surface area contributed by atoms with Gasteiger partial charge in [0.25, 0.3) is 5.56 Å². The number of pyridine rings is 1. The normalized spacial score (nSPS) is 16.4. The van der Waals surface area contributed by atoms with E-state index in [0.29, 0.717) is 35.6 Å². The van der Waals surface area contributed by atoms with Crippen LogP contribution in [-0.2, 0) is 6.54 Å². The van der Waals surface area contributed by atoms with Gasteiger partial charge in [0, 0.05) is 31.3 Å². The largest absolute Gasteiger partial charge is 0.439 e.